The maximum atomic E-state index is 12.4. The number of benzene rings is 2. The van der Waals surface area contributed by atoms with E-state index in [1.54, 1.807) is 0 Å². The molecule has 0 saturated carbocycles. The number of thiophene rings is 1. The van der Waals surface area contributed by atoms with Gasteiger partial charge >= 0.3 is 5.97 Å². The molecule has 5 heteroatoms. The maximum absolute atomic E-state index is 12.4. The van der Waals surface area contributed by atoms with Crippen molar-refractivity contribution in [2.45, 2.75) is 32.6 Å². The van der Waals surface area contributed by atoms with E-state index in [4.69, 9.17) is 4.74 Å². The summed E-state index contributed by atoms with van der Waals surface area (Å²) in [6.45, 7) is 1.93. The van der Waals surface area contributed by atoms with Crippen LogP contribution in [0.5, 0.6) is 0 Å². The van der Waals surface area contributed by atoms with Crippen LogP contribution in [0.25, 0.3) is 10.8 Å². The van der Waals surface area contributed by atoms with E-state index < -0.39 is 5.97 Å². The number of carbonyl (C=O) groups is 2. The van der Waals surface area contributed by atoms with Crippen LogP contribution in [0.4, 0.5) is 5.69 Å². The van der Waals surface area contributed by atoms with Gasteiger partial charge in [-0.3, -0.25) is 4.79 Å². The van der Waals surface area contributed by atoms with Crippen molar-refractivity contribution >= 4 is 39.7 Å². The predicted molar refractivity (Wildman–Crippen MR) is 113 cm³/mol. The van der Waals surface area contributed by atoms with Gasteiger partial charge in [0.2, 0.25) is 0 Å². The Hall–Kier alpha value is -2.66. The molecule has 0 fully saturated rings. The molecule has 0 saturated heterocycles. The summed E-state index contributed by atoms with van der Waals surface area (Å²) < 4.78 is 5.24. The van der Waals surface area contributed by atoms with Gasteiger partial charge in [-0.05, 0) is 59.7 Å². The molecule has 4 nitrogen and oxygen atoms in total. The molecule has 3 aromatic rings. The van der Waals surface area contributed by atoms with Gasteiger partial charge in [0.05, 0.1) is 0 Å². The first-order valence-electron chi connectivity index (χ1n) is 9.69. The molecule has 28 heavy (non-hydrogen) atoms. The normalized spacial score (nSPS) is 15.8. The van der Waals surface area contributed by atoms with Crippen LogP contribution in [0.1, 0.15) is 39.9 Å². The second-order valence-corrected chi connectivity index (χ2v) is 8.40. The molecular weight excluding hydrogens is 370 g/mol. The average Bonchev–Trinajstić information content (AvgIpc) is 3.15. The molecule has 0 radical (unpaired) electrons. The predicted octanol–water partition coefficient (Wildman–Crippen LogP) is 5.21. The summed E-state index contributed by atoms with van der Waals surface area (Å²) in [6, 6.07) is 15.6. The van der Waals surface area contributed by atoms with Gasteiger partial charge in [0.1, 0.15) is 4.88 Å². The zero-order valence-corrected chi connectivity index (χ0v) is 16.7. The van der Waals surface area contributed by atoms with Crippen molar-refractivity contribution in [2.24, 2.45) is 5.92 Å². The Morgan fingerprint density at radius 3 is 2.79 bits per heavy atom. The molecule has 1 atom stereocenters. The molecule has 144 valence electrons. The Morgan fingerprint density at radius 1 is 1.14 bits per heavy atom. The van der Waals surface area contributed by atoms with Crippen LogP contribution in [0.15, 0.2) is 48.5 Å². The molecule has 4 rings (SSSR count). The number of aryl methyl sites for hydroxylation is 1. The Morgan fingerprint density at radius 2 is 1.96 bits per heavy atom. The third-order valence-corrected chi connectivity index (χ3v) is 6.55. The molecule has 1 aromatic heterocycles. The largest absolute Gasteiger partial charge is 0.451 e. The minimum absolute atomic E-state index is 0.286. The highest BCUT2D eigenvalue weighted by atomic mass is 32.1. The minimum atomic E-state index is -0.416. The van der Waals surface area contributed by atoms with Gasteiger partial charge in [-0.15, -0.1) is 11.3 Å². The van der Waals surface area contributed by atoms with Crippen molar-refractivity contribution in [3.63, 3.8) is 0 Å². The highest BCUT2D eigenvalue weighted by Crippen LogP contribution is 2.33. The number of hydrogen-bond donors (Lipinski definition) is 1. The summed E-state index contributed by atoms with van der Waals surface area (Å²) in [5.41, 5.74) is 1.97. The Balaban J connectivity index is 1.34. The van der Waals surface area contributed by atoms with E-state index >= 15 is 0 Å². The lowest BCUT2D eigenvalue weighted by atomic mass is 9.87. The number of nitrogens with one attached hydrogen (secondary N) is 1. The first-order valence-corrected chi connectivity index (χ1v) is 10.5. The average molecular weight is 394 g/mol. The fourth-order valence-corrected chi connectivity index (χ4v) is 4.82. The molecule has 1 amide bonds. The molecule has 1 aliphatic rings. The van der Waals surface area contributed by atoms with E-state index in [2.05, 4.69) is 12.2 Å². The van der Waals surface area contributed by atoms with Gasteiger partial charge in [0, 0.05) is 10.6 Å². The van der Waals surface area contributed by atoms with Crippen LogP contribution in [-0.2, 0) is 22.4 Å². The maximum Gasteiger partial charge on any atom is 0.348 e. The summed E-state index contributed by atoms with van der Waals surface area (Å²) in [6.07, 6.45) is 4.43. The second kappa shape index (κ2) is 8.15. The lowest BCUT2D eigenvalue weighted by Gasteiger charge is -2.19. The number of carbonyl (C=O) groups excluding carboxylic acids is 2. The van der Waals surface area contributed by atoms with Crippen LogP contribution >= 0.6 is 11.3 Å². The zero-order valence-electron chi connectivity index (χ0n) is 15.9. The number of hydrogen-bond acceptors (Lipinski definition) is 4. The van der Waals surface area contributed by atoms with E-state index in [-0.39, 0.29) is 12.5 Å². The van der Waals surface area contributed by atoms with Crippen molar-refractivity contribution < 1.29 is 14.3 Å². The van der Waals surface area contributed by atoms with Crippen molar-refractivity contribution in [1.29, 1.82) is 0 Å². The van der Waals surface area contributed by atoms with E-state index in [0.29, 0.717) is 16.5 Å². The lowest BCUT2D eigenvalue weighted by Crippen LogP contribution is -2.20. The van der Waals surface area contributed by atoms with Crippen molar-refractivity contribution in [3.8, 4) is 0 Å². The Kier molecular flexibility index (Phi) is 5.44. The van der Waals surface area contributed by atoms with Crippen LogP contribution < -0.4 is 5.32 Å². The summed E-state index contributed by atoms with van der Waals surface area (Å²) in [5, 5.41) is 4.95. The van der Waals surface area contributed by atoms with Crippen LogP contribution in [0.3, 0.4) is 0 Å². The smallest absolute Gasteiger partial charge is 0.348 e. The fourth-order valence-electron chi connectivity index (χ4n) is 3.71. The molecule has 0 aliphatic heterocycles. The third-order valence-electron chi connectivity index (χ3n) is 5.33. The molecule has 1 aliphatic carbocycles. The second-order valence-electron chi connectivity index (χ2n) is 7.26. The first kappa shape index (κ1) is 18.7. The molecule has 1 N–H and O–H groups in total. The van der Waals surface area contributed by atoms with E-state index in [1.165, 1.54) is 34.6 Å². The third kappa shape index (κ3) is 4.09. The monoisotopic (exact) mass is 393 g/mol. The SMILES string of the molecule is CC[C@H]1CCc2sc(C(=O)OCC(=O)Nc3ccc4ccccc4c3)cc2C1. The Labute approximate surface area is 168 Å². The number of fused-ring (bicyclic) bond motifs is 2. The molecule has 0 spiro atoms. The number of ether oxygens (including phenoxy) is 1. The fraction of sp³-hybridized carbons (Fsp3) is 0.304. The van der Waals surface area contributed by atoms with Crippen LogP contribution in [0.2, 0.25) is 0 Å². The van der Waals surface area contributed by atoms with E-state index in [1.807, 2.05) is 48.5 Å². The van der Waals surface area contributed by atoms with Gasteiger partial charge in [-0.25, -0.2) is 4.79 Å². The minimum Gasteiger partial charge on any atom is -0.451 e. The van der Waals surface area contributed by atoms with E-state index in [9.17, 15) is 9.59 Å². The number of esters is 1. The van der Waals surface area contributed by atoms with Crippen molar-refractivity contribution in [1.82, 2.24) is 0 Å². The van der Waals surface area contributed by atoms with Gasteiger partial charge in [0.15, 0.2) is 6.61 Å². The summed E-state index contributed by atoms with van der Waals surface area (Å²) in [5.74, 6) is -0.0455. The van der Waals surface area contributed by atoms with Crippen molar-refractivity contribution in [2.75, 3.05) is 11.9 Å². The summed E-state index contributed by atoms with van der Waals surface area (Å²) >= 11 is 1.51. The highest BCUT2D eigenvalue weighted by Gasteiger charge is 2.23. The quantitative estimate of drug-likeness (QED) is 0.605. The van der Waals surface area contributed by atoms with Gasteiger partial charge < -0.3 is 10.1 Å². The number of rotatable bonds is 5. The lowest BCUT2D eigenvalue weighted by molar-refractivity contribution is -0.119. The molecular formula is C23H23NO3S. The topological polar surface area (TPSA) is 55.4 Å². The molecule has 0 bridgehead atoms. The Bertz CT molecular complexity index is 1020. The number of anilines is 1. The molecule has 1 heterocycles. The zero-order chi connectivity index (χ0) is 19.5. The summed E-state index contributed by atoms with van der Waals surface area (Å²) in [4.78, 5) is 26.4. The van der Waals surface area contributed by atoms with Crippen molar-refractivity contribution in [3.05, 3.63) is 63.8 Å². The van der Waals surface area contributed by atoms with Crippen LogP contribution in [0, 0.1) is 5.92 Å². The van der Waals surface area contributed by atoms with Crippen LogP contribution in [-0.4, -0.2) is 18.5 Å². The van der Waals surface area contributed by atoms with Gasteiger partial charge in [-0.2, -0.15) is 0 Å². The number of amides is 1. The standard InChI is InChI=1S/C23H23NO3S/c1-2-15-7-10-20-18(11-15)13-21(28-20)23(26)27-14-22(25)24-19-9-8-16-5-3-4-6-17(16)12-19/h3-6,8-9,12-13,15H,2,7,10-11,14H2,1H3,(H,24,25)/t15-/m0/s1. The molecule has 2 aromatic carbocycles. The van der Waals surface area contributed by atoms with Gasteiger partial charge in [-0.1, -0.05) is 43.7 Å². The molecule has 0 unspecified atom stereocenters. The first-order chi connectivity index (χ1) is 13.6. The highest BCUT2D eigenvalue weighted by molar-refractivity contribution is 7.14. The van der Waals surface area contributed by atoms with E-state index in [0.717, 1.165) is 23.6 Å². The van der Waals surface area contributed by atoms with Gasteiger partial charge in [0.25, 0.3) is 5.91 Å². The summed E-state index contributed by atoms with van der Waals surface area (Å²) in [7, 11) is 0.